The maximum absolute atomic E-state index is 13.0. The van der Waals surface area contributed by atoms with Crippen molar-refractivity contribution in [1.29, 1.82) is 0 Å². The molecule has 1 saturated heterocycles. The Morgan fingerprint density at radius 1 is 1.13 bits per heavy atom. The molecule has 3 aromatic rings. The summed E-state index contributed by atoms with van der Waals surface area (Å²) in [6.07, 6.45) is 1.78. The number of hydrogen-bond donors (Lipinski definition) is 1. The van der Waals surface area contributed by atoms with E-state index in [1.807, 2.05) is 49.4 Å². The van der Waals surface area contributed by atoms with Crippen LogP contribution in [0.15, 0.2) is 42.5 Å². The molecule has 1 fully saturated rings. The van der Waals surface area contributed by atoms with Gasteiger partial charge in [0.05, 0.1) is 23.6 Å². The van der Waals surface area contributed by atoms with Gasteiger partial charge < -0.3 is 15.0 Å². The Labute approximate surface area is 177 Å². The molecule has 0 aliphatic carbocycles. The molecular weight excluding hydrogens is 376 g/mol. The van der Waals surface area contributed by atoms with Crippen LogP contribution in [0.25, 0.3) is 11.0 Å². The second-order valence-electron chi connectivity index (χ2n) is 7.85. The maximum atomic E-state index is 13.0. The highest BCUT2D eigenvalue weighted by Gasteiger charge is 2.29. The monoisotopic (exact) mass is 404 g/mol. The van der Waals surface area contributed by atoms with Gasteiger partial charge in [0, 0.05) is 18.8 Å². The summed E-state index contributed by atoms with van der Waals surface area (Å²) in [6, 6.07) is 13.8. The number of fused-ring (bicyclic) bond motifs is 1. The zero-order chi connectivity index (χ0) is 21.1. The van der Waals surface area contributed by atoms with Gasteiger partial charge in [-0.3, -0.25) is 4.79 Å². The zero-order valence-electron chi connectivity index (χ0n) is 17.8. The Kier molecular flexibility index (Phi) is 5.84. The molecule has 1 aromatic heterocycles. The van der Waals surface area contributed by atoms with Crippen LogP contribution in [0.3, 0.4) is 0 Å². The molecule has 0 saturated carbocycles. The van der Waals surface area contributed by atoms with E-state index in [1.54, 1.807) is 0 Å². The average Bonchev–Trinajstić information content (AvgIpc) is 2.76. The Morgan fingerprint density at radius 3 is 2.63 bits per heavy atom. The third-order valence-corrected chi connectivity index (χ3v) is 5.67. The number of benzene rings is 2. The number of nitrogens with zero attached hydrogens (tertiary/aromatic N) is 3. The van der Waals surface area contributed by atoms with Crippen LogP contribution >= 0.6 is 0 Å². The molecule has 6 heteroatoms. The van der Waals surface area contributed by atoms with Gasteiger partial charge >= 0.3 is 0 Å². The summed E-state index contributed by atoms with van der Waals surface area (Å²) >= 11 is 0. The third kappa shape index (κ3) is 4.22. The van der Waals surface area contributed by atoms with Crippen molar-refractivity contribution in [3.63, 3.8) is 0 Å². The van der Waals surface area contributed by atoms with E-state index in [4.69, 9.17) is 9.72 Å². The van der Waals surface area contributed by atoms with Crippen LogP contribution < -0.4 is 15.0 Å². The Balaban J connectivity index is 1.55. The molecule has 2 aromatic carbocycles. The van der Waals surface area contributed by atoms with Crippen molar-refractivity contribution < 1.29 is 9.53 Å². The number of aromatic nitrogens is 2. The van der Waals surface area contributed by atoms with Crippen LogP contribution in [0, 0.1) is 19.8 Å². The van der Waals surface area contributed by atoms with Crippen LogP contribution in [0.1, 0.15) is 30.9 Å². The van der Waals surface area contributed by atoms with Crippen LogP contribution in [0.2, 0.25) is 0 Å². The first-order valence-corrected chi connectivity index (χ1v) is 10.6. The highest BCUT2D eigenvalue weighted by Crippen LogP contribution is 2.31. The van der Waals surface area contributed by atoms with Gasteiger partial charge in [-0.2, -0.15) is 0 Å². The summed E-state index contributed by atoms with van der Waals surface area (Å²) in [5.74, 6) is 1.20. The van der Waals surface area contributed by atoms with Crippen molar-refractivity contribution in [2.75, 3.05) is 29.9 Å². The fraction of sp³-hybridized carbons (Fsp3) is 0.375. The first-order chi connectivity index (χ1) is 14.5. The molecule has 1 N–H and O–H groups in total. The van der Waals surface area contributed by atoms with E-state index in [2.05, 4.69) is 29.0 Å². The number of aryl methyl sites for hydroxylation is 2. The first-order valence-electron chi connectivity index (χ1n) is 10.6. The number of para-hydroxylation sites is 2. The van der Waals surface area contributed by atoms with E-state index in [0.717, 1.165) is 41.9 Å². The minimum Gasteiger partial charge on any atom is -0.475 e. The van der Waals surface area contributed by atoms with Crippen molar-refractivity contribution in [2.45, 2.75) is 33.6 Å². The number of ether oxygens (including phenoxy) is 1. The molecule has 0 radical (unpaired) electrons. The number of carbonyl (C=O) groups excluding carboxylic acids is 1. The number of hydrogen-bond acceptors (Lipinski definition) is 5. The second kappa shape index (κ2) is 8.69. The third-order valence-electron chi connectivity index (χ3n) is 5.67. The van der Waals surface area contributed by atoms with Gasteiger partial charge in [0.15, 0.2) is 5.82 Å². The molecule has 0 unspecified atom stereocenters. The van der Waals surface area contributed by atoms with E-state index in [0.29, 0.717) is 19.0 Å². The minimum atomic E-state index is -0.108. The van der Waals surface area contributed by atoms with Crippen LogP contribution in [-0.2, 0) is 4.79 Å². The Bertz CT molecular complexity index is 1070. The summed E-state index contributed by atoms with van der Waals surface area (Å²) in [4.78, 5) is 24.6. The molecular formula is C24H28N4O2. The molecule has 30 heavy (non-hydrogen) atoms. The SMILES string of the molecule is CCOc1nc2ccccc2nc1N1CCC[C@H](C(=O)Nc2ccc(C)c(C)c2)C1. The second-order valence-corrected chi connectivity index (χ2v) is 7.85. The molecule has 1 amide bonds. The van der Waals surface area contributed by atoms with Crippen molar-refractivity contribution >= 4 is 28.4 Å². The Morgan fingerprint density at radius 2 is 1.90 bits per heavy atom. The molecule has 0 bridgehead atoms. The average molecular weight is 405 g/mol. The molecule has 1 atom stereocenters. The topological polar surface area (TPSA) is 67.4 Å². The van der Waals surface area contributed by atoms with Crippen molar-refractivity contribution in [1.82, 2.24) is 9.97 Å². The molecule has 4 rings (SSSR count). The lowest BCUT2D eigenvalue weighted by atomic mass is 9.97. The van der Waals surface area contributed by atoms with Gasteiger partial charge in [0.2, 0.25) is 5.91 Å². The predicted octanol–water partition coefficient (Wildman–Crippen LogP) is 4.50. The van der Waals surface area contributed by atoms with Gasteiger partial charge in [0.1, 0.15) is 0 Å². The van der Waals surface area contributed by atoms with Gasteiger partial charge in [-0.15, -0.1) is 0 Å². The highest BCUT2D eigenvalue weighted by molar-refractivity contribution is 5.93. The fourth-order valence-electron chi connectivity index (χ4n) is 3.86. The minimum absolute atomic E-state index is 0.0506. The summed E-state index contributed by atoms with van der Waals surface area (Å²) in [6.45, 7) is 8.02. The van der Waals surface area contributed by atoms with Crippen molar-refractivity contribution in [3.8, 4) is 5.88 Å². The number of rotatable bonds is 5. The largest absolute Gasteiger partial charge is 0.475 e. The van der Waals surface area contributed by atoms with Crippen molar-refractivity contribution in [2.24, 2.45) is 5.92 Å². The van der Waals surface area contributed by atoms with Gasteiger partial charge in [-0.25, -0.2) is 9.97 Å². The molecule has 156 valence electrons. The normalized spacial score (nSPS) is 16.5. The number of amides is 1. The lowest BCUT2D eigenvalue weighted by Gasteiger charge is -2.33. The van der Waals surface area contributed by atoms with Gasteiger partial charge in [-0.1, -0.05) is 18.2 Å². The molecule has 1 aliphatic rings. The first kappa shape index (κ1) is 20.1. The number of anilines is 2. The van der Waals surface area contributed by atoms with E-state index in [9.17, 15) is 4.79 Å². The molecule has 1 aliphatic heterocycles. The van der Waals surface area contributed by atoms with Crippen LogP contribution in [0.5, 0.6) is 5.88 Å². The number of nitrogens with one attached hydrogen (secondary N) is 1. The van der Waals surface area contributed by atoms with Gasteiger partial charge in [0.25, 0.3) is 5.88 Å². The van der Waals surface area contributed by atoms with Gasteiger partial charge in [-0.05, 0) is 69.0 Å². The fourth-order valence-corrected chi connectivity index (χ4v) is 3.86. The Hall–Kier alpha value is -3.15. The number of piperidine rings is 1. The highest BCUT2D eigenvalue weighted by atomic mass is 16.5. The lowest BCUT2D eigenvalue weighted by molar-refractivity contribution is -0.120. The van der Waals surface area contributed by atoms with E-state index in [-0.39, 0.29) is 11.8 Å². The smallest absolute Gasteiger partial charge is 0.258 e. The summed E-state index contributed by atoms with van der Waals surface area (Å²) in [5, 5.41) is 3.09. The summed E-state index contributed by atoms with van der Waals surface area (Å²) in [5.41, 5.74) is 4.88. The zero-order valence-corrected chi connectivity index (χ0v) is 17.8. The maximum Gasteiger partial charge on any atom is 0.258 e. The van der Waals surface area contributed by atoms with Crippen LogP contribution in [0.4, 0.5) is 11.5 Å². The summed E-state index contributed by atoms with van der Waals surface area (Å²) < 4.78 is 5.80. The van der Waals surface area contributed by atoms with E-state index in [1.165, 1.54) is 11.1 Å². The molecule has 2 heterocycles. The summed E-state index contributed by atoms with van der Waals surface area (Å²) in [7, 11) is 0. The quantitative estimate of drug-likeness (QED) is 0.678. The molecule has 6 nitrogen and oxygen atoms in total. The van der Waals surface area contributed by atoms with Crippen LogP contribution in [-0.4, -0.2) is 35.6 Å². The molecule has 0 spiro atoms. The predicted molar refractivity (Wildman–Crippen MR) is 120 cm³/mol. The van der Waals surface area contributed by atoms with Crippen molar-refractivity contribution in [3.05, 3.63) is 53.6 Å². The van der Waals surface area contributed by atoms with E-state index >= 15 is 0 Å². The lowest BCUT2D eigenvalue weighted by Crippen LogP contribution is -2.41. The number of carbonyl (C=O) groups is 1. The standard InChI is InChI=1S/C24H28N4O2/c1-4-30-24-22(26-20-9-5-6-10-21(20)27-24)28-13-7-8-18(15-28)23(29)25-19-12-11-16(2)17(3)14-19/h5-6,9-12,14,18H,4,7-8,13,15H2,1-3H3,(H,25,29)/t18-/m0/s1. The van der Waals surface area contributed by atoms with E-state index < -0.39 is 0 Å².